The van der Waals surface area contributed by atoms with Crippen molar-refractivity contribution >= 4 is 45.4 Å². The van der Waals surface area contributed by atoms with Gasteiger partial charge in [-0.05, 0) is 94.7 Å². The first kappa shape index (κ1) is 31.2. The molecule has 2 aromatic carbocycles. The van der Waals surface area contributed by atoms with Crippen LogP contribution in [0.4, 0.5) is 14.9 Å². The number of rotatable bonds is 5. The third kappa shape index (κ3) is 6.21. The number of methoxy groups -OCH3 is 1. The summed E-state index contributed by atoms with van der Waals surface area (Å²) in [6.45, 7) is 6.22. The van der Waals surface area contributed by atoms with E-state index >= 15 is 0 Å². The molecule has 2 atom stereocenters. The summed E-state index contributed by atoms with van der Waals surface area (Å²) in [7, 11) is 1.20. The molecule has 0 radical (unpaired) electrons. The van der Waals surface area contributed by atoms with Crippen molar-refractivity contribution in [2.75, 3.05) is 25.1 Å². The number of hydrogen-bond donors (Lipinski definition) is 0. The van der Waals surface area contributed by atoms with E-state index in [2.05, 4.69) is 20.7 Å². The van der Waals surface area contributed by atoms with E-state index in [1.807, 2.05) is 43.9 Å². The quantitative estimate of drug-likeness (QED) is 0.291. The molecule has 2 heterocycles. The largest absolute Gasteiger partial charge is 0.463 e. The molecule has 2 amide bonds. The molecule has 230 valence electrons. The summed E-state index contributed by atoms with van der Waals surface area (Å²) in [5.41, 5.74) is 1.40. The number of nitrogens with zero attached hydrogens (tertiary/aromatic N) is 2. The molecule has 10 heteroatoms. The van der Waals surface area contributed by atoms with Crippen molar-refractivity contribution in [3.8, 4) is 0 Å². The fourth-order valence-corrected chi connectivity index (χ4v) is 7.42. The van der Waals surface area contributed by atoms with Gasteiger partial charge >= 0.3 is 12.1 Å². The molecule has 1 aliphatic carbocycles. The van der Waals surface area contributed by atoms with Gasteiger partial charge in [0.25, 0.3) is 0 Å². The number of anilines is 1. The van der Waals surface area contributed by atoms with Crippen LogP contribution < -0.4 is 4.90 Å². The molecule has 43 heavy (non-hydrogen) atoms. The molecular weight excluding hydrogens is 619 g/mol. The molecule has 5 rings (SSSR count). The average molecular weight is 658 g/mol. The molecule has 1 saturated heterocycles. The van der Waals surface area contributed by atoms with Gasteiger partial charge in [0.15, 0.2) is 0 Å². The SMILES string of the molecule is COC(=O)C(=O)[C@H]1CC[C@H](C(=O)N2CCC3(Cc4ccc(F)cc4)c4ccc(Br)cc4N(C(=O)OC(C)(C)C)CC23)CC1. The summed E-state index contributed by atoms with van der Waals surface area (Å²) in [4.78, 5) is 55.5. The van der Waals surface area contributed by atoms with E-state index in [0.717, 1.165) is 21.3 Å². The number of amides is 2. The van der Waals surface area contributed by atoms with E-state index in [4.69, 9.17) is 4.74 Å². The first-order valence-corrected chi connectivity index (χ1v) is 15.6. The fraction of sp³-hybridized carbons (Fsp3) is 0.515. The predicted octanol–water partition coefficient (Wildman–Crippen LogP) is 5.97. The number of ketones is 1. The van der Waals surface area contributed by atoms with Crippen LogP contribution in [0.25, 0.3) is 0 Å². The molecule has 0 N–H and O–H groups in total. The molecular formula is C33H38BrFN2O6. The van der Waals surface area contributed by atoms with E-state index in [0.29, 0.717) is 45.1 Å². The highest BCUT2D eigenvalue weighted by Gasteiger charge is 2.56. The monoisotopic (exact) mass is 656 g/mol. The molecule has 0 aromatic heterocycles. The molecule has 2 unspecified atom stereocenters. The van der Waals surface area contributed by atoms with Crippen molar-refractivity contribution in [1.82, 2.24) is 4.90 Å². The Morgan fingerprint density at radius 2 is 1.65 bits per heavy atom. The number of carbonyl (C=O) groups is 4. The second-order valence-electron chi connectivity index (χ2n) is 12.9. The summed E-state index contributed by atoms with van der Waals surface area (Å²) in [6.07, 6.45) is 2.66. The van der Waals surface area contributed by atoms with E-state index in [-0.39, 0.29) is 30.2 Å². The molecule has 8 nitrogen and oxygen atoms in total. The van der Waals surface area contributed by atoms with Gasteiger partial charge in [-0.2, -0.15) is 0 Å². The van der Waals surface area contributed by atoms with Crippen molar-refractivity contribution in [3.63, 3.8) is 0 Å². The number of carbonyl (C=O) groups excluding carboxylic acids is 4. The number of benzene rings is 2. The lowest BCUT2D eigenvalue weighted by Gasteiger charge is -2.48. The maximum Gasteiger partial charge on any atom is 0.414 e. The van der Waals surface area contributed by atoms with Gasteiger partial charge in [-0.3, -0.25) is 14.5 Å². The van der Waals surface area contributed by atoms with Crippen molar-refractivity contribution in [2.24, 2.45) is 11.8 Å². The van der Waals surface area contributed by atoms with Crippen LogP contribution in [0.15, 0.2) is 46.9 Å². The van der Waals surface area contributed by atoms with Crippen LogP contribution in [0.2, 0.25) is 0 Å². The summed E-state index contributed by atoms with van der Waals surface area (Å²) in [5.74, 6) is -2.41. The highest BCUT2D eigenvalue weighted by Crippen LogP contribution is 2.51. The number of Topliss-reactive ketones (excluding diaryl/α,β-unsaturated/α-hetero) is 1. The van der Waals surface area contributed by atoms with Gasteiger partial charge in [-0.1, -0.05) is 34.1 Å². The van der Waals surface area contributed by atoms with E-state index in [9.17, 15) is 23.6 Å². The first-order valence-electron chi connectivity index (χ1n) is 14.8. The van der Waals surface area contributed by atoms with Crippen LogP contribution >= 0.6 is 15.9 Å². The number of fused-ring (bicyclic) bond motifs is 3. The minimum atomic E-state index is -0.838. The summed E-state index contributed by atoms with van der Waals surface area (Å²) in [6, 6.07) is 12.0. The summed E-state index contributed by atoms with van der Waals surface area (Å²) < 4.78 is 25.1. The Morgan fingerprint density at radius 1 is 1.00 bits per heavy atom. The third-order valence-electron chi connectivity index (χ3n) is 9.12. The Morgan fingerprint density at radius 3 is 2.28 bits per heavy atom. The van der Waals surface area contributed by atoms with Crippen LogP contribution in [0.3, 0.4) is 0 Å². The lowest BCUT2D eigenvalue weighted by molar-refractivity contribution is -0.154. The van der Waals surface area contributed by atoms with E-state index in [1.165, 1.54) is 19.2 Å². The summed E-state index contributed by atoms with van der Waals surface area (Å²) in [5, 5.41) is 0. The van der Waals surface area contributed by atoms with Crippen LogP contribution in [0, 0.1) is 17.7 Å². The number of halogens is 2. The van der Waals surface area contributed by atoms with Gasteiger partial charge in [0.1, 0.15) is 11.4 Å². The van der Waals surface area contributed by atoms with Gasteiger partial charge in [0.2, 0.25) is 11.7 Å². The minimum Gasteiger partial charge on any atom is -0.463 e. The topological polar surface area (TPSA) is 93.2 Å². The van der Waals surface area contributed by atoms with Gasteiger partial charge in [-0.25, -0.2) is 14.0 Å². The van der Waals surface area contributed by atoms with Crippen LogP contribution in [0.5, 0.6) is 0 Å². The number of ether oxygens (including phenoxy) is 2. The minimum absolute atomic E-state index is 0.000325. The van der Waals surface area contributed by atoms with Crippen molar-refractivity contribution in [1.29, 1.82) is 0 Å². The lowest BCUT2D eigenvalue weighted by Crippen LogP contribution is -2.58. The lowest BCUT2D eigenvalue weighted by atomic mass is 9.67. The van der Waals surface area contributed by atoms with Crippen molar-refractivity contribution < 1.29 is 33.0 Å². The Bertz CT molecular complexity index is 1420. The van der Waals surface area contributed by atoms with Crippen LogP contribution in [0.1, 0.15) is 64.0 Å². The fourth-order valence-electron chi connectivity index (χ4n) is 7.07. The second kappa shape index (κ2) is 12.0. The molecule has 2 fully saturated rings. The highest BCUT2D eigenvalue weighted by molar-refractivity contribution is 9.10. The summed E-state index contributed by atoms with van der Waals surface area (Å²) >= 11 is 3.57. The number of hydrogen-bond acceptors (Lipinski definition) is 6. The van der Waals surface area contributed by atoms with Crippen molar-refractivity contribution in [2.45, 2.75) is 76.4 Å². The number of likely N-dealkylation sites (tertiary alicyclic amines) is 1. The zero-order valence-electron chi connectivity index (χ0n) is 25.0. The second-order valence-corrected chi connectivity index (χ2v) is 13.8. The van der Waals surface area contributed by atoms with Gasteiger partial charge < -0.3 is 14.4 Å². The Hall–Kier alpha value is -3.27. The van der Waals surface area contributed by atoms with Gasteiger partial charge in [0.05, 0.1) is 25.4 Å². The number of esters is 1. The molecule has 1 saturated carbocycles. The predicted molar refractivity (Wildman–Crippen MR) is 162 cm³/mol. The van der Waals surface area contributed by atoms with Crippen LogP contribution in [-0.4, -0.2) is 60.5 Å². The third-order valence-corrected chi connectivity index (χ3v) is 9.61. The Balaban J connectivity index is 1.49. The van der Waals surface area contributed by atoms with Crippen LogP contribution in [-0.2, 0) is 35.7 Å². The van der Waals surface area contributed by atoms with E-state index < -0.39 is 34.8 Å². The molecule has 0 bridgehead atoms. The smallest absolute Gasteiger partial charge is 0.414 e. The normalized spacial score (nSPS) is 25.0. The zero-order chi connectivity index (χ0) is 31.1. The maximum atomic E-state index is 14.2. The van der Waals surface area contributed by atoms with Crippen molar-refractivity contribution in [3.05, 3.63) is 63.9 Å². The molecule has 2 aliphatic heterocycles. The molecule has 2 aromatic rings. The van der Waals surface area contributed by atoms with Gasteiger partial charge in [-0.15, -0.1) is 0 Å². The maximum absolute atomic E-state index is 14.2. The standard InChI is InChI=1S/C33H38BrFN2O6/c1-32(2,3)43-31(41)37-19-27-33(18-20-5-12-24(35)13-6-20,25-14-11-23(34)17-26(25)37)15-16-36(27)29(39)22-9-7-21(8-10-22)28(38)30(40)42-4/h5-6,11-14,17,21-22,27H,7-10,15-16,18-19H2,1-4H3/t21-,22-,27?,33?. The highest BCUT2D eigenvalue weighted by atomic mass is 79.9. The zero-order valence-corrected chi connectivity index (χ0v) is 26.6. The van der Waals surface area contributed by atoms with E-state index in [1.54, 1.807) is 17.0 Å². The Kier molecular flexibility index (Phi) is 8.71. The molecule has 3 aliphatic rings. The Labute approximate surface area is 260 Å². The first-order chi connectivity index (χ1) is 20.3. The van der Waals surface area contributed by atoms with Gasteiger partial charge in [0, 0.05) is 28.3 Å². The average Bonchev–Trinajstić information content (AvgIpc) is 3.34. The molecule has 0 spiro atoms.